The molecule has 4 aromatic rings. The Bertz CT molecular complexity index is 2000. The normalized spacial score (nSPS) is 20.9. The minimum atomic E-state index is 0. The zero-order chi connectivity index (χ0) is 45.4. The average molecular weight is 1150 g/mol. The van der Waals surface area contributed by atoms with Gasteiger partial charge in [0.25, 0.3) is 0 Å². The Morgan fingerprint density at radius 2 is 0.691 bits per heavy atom. The second kappa shape index (κ2) is 29.1. The van der Waals surface area contributed by atoms with E-state index in [0.717, 1.165) is 22.6 Å². The van der Waals surface area contributed by atoms with Crippen LogP contribution in [-0.4, -0.2) is 22.6 Å². The summed E-state index contributed by atoms with van der Waals surface area (Å²) >= 11 is 0. The molecular formula is C62H86Cl2P2Zr2-2. The minimum Gasteiger partial charge on any atom is -1.00 e. The van der Waals surface area contributed by atoms with Gasteiger partial charge < -0.3 is 24.8 Å². The summed E-state index contributed by atoms with van der Waals surface area (Å²) in [6.45, 7) is 21.8. The maximum absolute atomic E-state index is 3.44. The average Bonchev–Trinajstić information content (AvgIpc) is 4.02. The molecule has 0 heterocycles. The maximum Gasteiger partial charge on any atom is 2.00 e. The number of benzene rings is 2. The van der Waals surface area contributed by atoms with Gasteiger partial charge in [0.2, 0.25) is 0 Å². The van der Waals surface area contributed by atoms with Gasteiger partial charge in [0.1, 0.15) is 0 Å². The molecule has 0 bridgehead atoms. The summed E-state index contributed by atoms with van der Waals surface area (Å²) in [5.41, 5.74) is 12.9. The molecule has 0 atom stereocenters. The van der Waals surface area contributed by atoms with Crippen LogP contribution in [0.4, 0.5) is 0 Å². The fourth-order valence-electron chi connectivity index (χ4n) is 12.3. The van der Waals surface area contributed by atoms with Crippen molar-refractivity contribution in [3.63, 3.8) is 0 Å². The smallest absolute Gasteiger partial charge is 1.00 e. The van der Waals surface area contributed by atoms with Crippen LogP contribution in [-0.2, 0) is 52.4 Å². The quantitative estimate of drug-likeness (QED) is 0.133. The summed E-state index contributed by atoms with van der Waals surface area (Å²) in [6.07, 6.45) is 36.7. The fourth-order valence-corrected chi connectivity index (χ4v) is 20.0. The SMILES string of the molecule is CC1=[C-]C(C)(C)C(C)=C1C.CC1=[C-]C(C)(C)C(C)=C1C.[Cl-].[Cl-].[Zr+2].[Zr+2].c1ccc2[cH-]c(P(C3CCCCC3)C3CCCCC3)cc2c1.c1ccc2[cH-]c(P(C3CCCCC3)C3CCCCC3)cc2c1. The van der Waals surface area contributed by atoms with Crippen LogP contribution >= 0.6 is 15.8 Å². The van der Waals surface area contributed by atoms with Crippen LogP contribution in [0.25, 0.3) is 21.5 Å². The molecule has 6 aliphatic rings. The third-order valence-electron chi connectivity index (χ3n) is 16.8. The summed E-state index contributed by atoms with van der Waals surface area (Å²) < 4.78 is 0. The molecule has 68 heavy (non-hydrogen) atoms. The van der Waals surface area contributed by atoms with Gasteiger partial charge in [-0.2, -0.15) is 34.4 Å². The van der Waals surface area contributed by atoms with E-state index in [9.17, 15) is 0 Å². The molecule has 0 aromatic heterocycles. The van der Waals surface area contributed by atoms with Gasteiger partial charge in [-0.3, -0.25) is 12.2 Å². The van der Waals surface area contributed by atoms with Gasteiger partial charge in [-0.1, -0.05) is 171 Å². The van der Waals surface area contributed by atoms with E-state index in [2.05, 4.69) is 154 Å². The molecule has 0 N–H and O–H groups in total. The summed E-state index contributed by atoms with van der Waals surface area (Å²) in [5.74, 6) is 0. The molecule has 10 rings (SSSR count). The summed E-state index contributed by atoms with van der Waals surface area (Å²) in [7, 11) is 0.122. The Kier molecular flexibility index (Phi) is 26.5. The van der Waals surface area contributed by atoms with Gasteiger partial charge in [-0.05, 0) is 74.0 Å². The number of allylic oxidation sites excluding steroid dienone is 8. The van der Waals surface area contributed by atoms with E-state index >= 15 is 0 Å². The van der Waals surface area contributed by atoms with Crippen molar-refractivity contribution in [2.24, 2.45) is 10.8 Å². The summed E-state index contributed by atoms with van der Waals surface area (Å²) in [6, 6.07) is 28.1. The molecular weight excluding hydrogens is 1060 g/mol. The number of hydrogen-bond donors (Lipinski definition) is 0. The molecule has 0 aliphatic heterocycles. The van der Waals surface area contributed by atoms with Crippen LogP contribution < -0.4 is 35.4 Å². The van der Waals surface area contributed by atoms with Crippen molar-refractivity contribution in [2.75, 3.05) is 0 Å². The van der Waals surface area contributed by atoms with Crippen molar-refractivity contribution < 1.29 is 77.2 Å². The van der Waals surface area contributed by atoms with Crippen molar-refractivity contribution in [1.82, 2.24) is 0 Å². The zero-order valence-electron chi connectivity index (χ0n) is 44.0. The molecule has 0 nitrogen and oxygen atoms in total. The molecule has 4 aromatic carbocycles. The monoisotopic (exact) mass is 1140 g/mol. The van der Waals surface area contributed by atoms with Crippen molar-refractivity contribution in [1.29, 1.82) is 0 Å². The molecule has 0 spiro atoms. The first-order chi connectivity index (χ1) is 30.7. The molecule has 0 radical (unpaired) electrons. The largest absolute Gasteiger partial charge is 2.00 e. The summed E-state index contributed by atoms with van der Waals surface area (Å²) in [4.78, 5) is 0. The third kappa shape index (κ3) is 15.9. The van der Waals surface area contributed by atoms with Gasteiger partial charge in [0.15, 0.2) is 0 Å². The second-order valence-corrected chi connectivity index (χ2v) is 27.5. The topological polar surface area (TPSA) is 0 Å². The standard InChI is InChI=1S/2C21H28P.2C10H15.2ClH.2Zr/c2*1-3-11-19(12-4-1)22(20-13-5-2-6-14-20)21-15-17-9-7-8-10-18(17)16-21;2*1-7-6-10(4,5)9(3)8(7)2;;;;/h2*7-10,15-16,19-20H,1-6,11-14H2;2*1-5H3;2*1H;;/q4*-1;;;2*+2/p-2. The van der Waals surface area contributed by atoms with Crippen LogP contribution in [0.3, 0.4) is 0 Å². The number of rotatable bonds is 6. The summed E-state index contributed by atoms with van der Waals surface area (Å²) in [5, 5.41) is 9.34. The minimum absolute atomic E-state index is 0. The third-order valence-corrected chi connectivity index (χ3v) is 23.7. The van der Waals surface area contributed by atoms with Gasteiger partial charge in [0.05, 0.1) is 0 Å². The van der Waals surface area contributed by atoms with E-state index in [4.69, 9.17) is 0 Å². The maximum atomic E-state index is 3.44. The van der Waals surface area contributed by atoms with Crippen LogP contribution in [0.15, 0.2) is 106 Å². The van der Waals surface area contributed by atoms with Crippen LogP contribution in [0.5, 0.6) is 0 Å². The van der Waals surface area contributed by atoms with Gasteiger partial charge in [0, 0.05) is 0 Å². The molecule has 6 aliphatic carbocycles. The molecule has 0 amide bonds. The first-order valence-corrected chi connectivity index (χ1v) is 29.2. The number of halogens is 2. The molecule has 368 valence electrons. The number of hydrogen-bond acceptors (Lipinski definition) is 0. The Morgan fingerprint density at radius 3 is 0.897 bits per heavy atom. The first kappa shape index (κ1) is 62.1. The van der Waals surface area contributed by atoms with E-state index in [1.165, 1.54) is 183 Å². The van der Waals surface area contributed by atoms with Crippen LogP contribution in [0, 0.1) is 23.0 Å². The van der Waals surface area contributed by atoms with E-state index in [-0.39, 0.29) is 104 Å². The van der Waals surface area contributed by atoms with E-state index in [1.54, 1.807) is 10.6 Å². The Labute approximate surface area is 470 Å². The molecule has 0 unspecified atom stereocenters. The van der Waals surface area contributed by atoms with Crippen molar-refractivity contribution >= 4 is 48.0 Å². The van der Waals surface area contributed by atoms with E-state index in [1.807, 2.05) is 0 Å². The predicted octanol–water partition coefficient (Wildman–Crippen LogP) is 12.9. The Balaban J connectivity index is 0.000000251. The molecule has 0 saturated heterocycles. The van der Waals surface area contributed by atoms with E-state index < -0.39 is 0 Å². The van der Waals surface area contributed by atoms with Gasteiger partial charge in [-0.15, -0.1) is 94.5 Å². The van der Waals surface area contributed by atoms with Gasteiger partial charge >= 0.3 is 52.4 Å². The second-order valence-electron chi connectivity index (χ2n) is 21.9. The molecule has 6 heteroatoms. The first-order valence-electron chi connectivity index (χ1n) is 26.2. The zero-order valence-corrected chi connectivity index (χ0v) is 52.2. The van der Waals surface area contributed by atoms with Crippen molar-refractivity contribution in [3.8, 4) is 0 Å². The van der Waals surface area contributed by atoms with Crippen molar-refractivity contribution in [3.05, 3.63) is 118 Å². The predicted molar refractivity (Wildman–Crippen MR) is 289 cm³/mol. The number of fused-ring (bicyclic) bond motifs is 2. The van der Waals surface area contributed by atoms with Gasteiger partial charge in [-0.25, -0.2) is 11.1 Å². The van der Waals surface area contributed by atoms with Crippen molar-refractivity contribution in [2.45, 2.75) is 220 Å². The molecule has 4 fully saturated rings. The fraction of sp³-hybridized carbons (Fsp3) is 0.581. The molecule has 4 saturated carbocycles. The van der Waals surface area contributed by atoms with Crippen LogP contribution in [0.2, 0.25) is 0 Å². The Hall–Kier alpha value is -0.174. The van der Waals surface area contributed by atoms with Crippen LogP contribution in [0.1, 0.15) is 198 Å². The Morgan fingerprint density at radius 1 is 0.426 bits per heavy atom. The van der Waals surface area contributed by atoms with E-state index in [0.29, 0.717) is 0 Å².